The van der Waals surface area contributed by atoms with Crippen LogP contribution in [0.3, 0.4) is 0 Å². The van der Waals surface area contributed by atoms with Crippen LogP contribution in [-0.4, -0.2) is 41.0 Å². The first-order valence-electron chi connectivity index (χ1n) is 6.79. The Morgan fingerprint density at radius 3 is 2.95 bits per heavy atom. The number of hydrogen-bond donors (Lipinski definition) is 2. The fraction of sp³-hybridized carbons (Fsp3) is 0.538. The molecule has 114 valence electrons. The number of amides is 2. The standard InChI is InChI=1S/C13H17N3O4S/c17-10(14-5-1-4-12(19)20)7-9-8-21-13(15-9)16-6-2-3-11(16)18/h8H,1-7H2,(H,14,17)(H,19,20). The summed E-state index contributed by atoms with van der Waals surface area (Å²) in [6.07, 6.45) is 1.99. The van der Waals surface area contributed by atoms with Crippen molar-refractivity contribution in [2.24, 2.45) is 0 Å². The summed E-state index contributed by atoms with van der Waals surface area (Å²) in [5, 5.41) is 13.6. The monoisotopic (exact) mass is 311 g/mol. The van der Waals surface area contributed by atoms with E-state index in [1.165, 1.54) is 11.3 Å². The maximum Gasteiger partial charge on any atom is 0.303 e. The number of rotatable bonds is 7. The van der Waals surface area contributed by atoms with Crippen LogP contribution in [0, 0.1) is 0 Å². The van der Waals surface area contributed by atoms with Gasteiger partial charge in [0.05, 0.1) is 12.1 Å². The quantitative estimate of drug-likeness (QED) is 0.725. The van der Waals surface area contributed by atoms with Crippen LogP contribution in [0.2, 0.25) is 0 Å². The second-order valence-corrected chi connectivity index (χ2v) is 5.63. The molecule has 2 N–H and O–H groups in total. The molecular formula is C13H17N3O4S. The summed E-state index contributed by atoms with van der Waals surface area (Å²) >= 11 is 1.36. The molecule has 1 saturated heterocycles. The Bertz CT molecular complexity index is 543. The SMILES string of the molecule is O=C(O)CCCNC(=O)Cc1csc(N2CCCC2=O)n1. The summed E-state index contributed by atoms with van der Waals surface area (Å²) in [6.45, 7) is 1.03. The zero-order valence-corrected chi connectivity index (χ0v) is 12.3. The van der Waals surface area contributed by atoms with Gasteiger partial charge < -0.3 is 10.4 Å². The number of carbonyl (C=O) groups excluding carboxylic acids is 2. The number of carbonyl (C=O) groups is 3. The Hall–Kier alpha value is -1.96. The zero-order chi connectivity index (χ0) is 15.2. The minimum absolute atomic E-state index is 0.0399. The third kappa shape index (κ3) is 4.52. The van der Waals surface area contributed by atoms with Gasteiger partial charge in [-0.05, 0) is 12.8 Å². The first-order valence-corrected chi connectivity index (χ1v) is 7.67. The molecule has 1 fully saturated rings. The van der Waals surface area contributed by atoms with Crippen molar-refractivity contribution in [2.45, 2.75) is 32.1 Å². The Morgan fingerprint density at radius 1 is 1.48 bits per heavy atom. The van der Waals surface area contributed by atoms with Crippen LogP contribution in [0.15, 0.2) is 5.38 Å². The smallest absolute Gasteiger partial charge is 0.303 e. The molecule has 1 aliphatic heterocycles. The molecule has 0 radical (unpaired) electrons. The Kier molecular flexibility index (Phi) is 5.26. The lowest BCUT2D eigenvalue weighted by Crippen LogP contribution is -2.27. The fourth-order valence-corrected chi connectivity index (χ4v) is 2.91. The van der Waals surface area contributed by atoms with Crippen LogP contribution in [-0.2, 0) is 20.8 Å². The average molecular weight is 311 g/mol. The summed E-state index contributed by atoms with van der Waals surface area (Å²) in [5.74, 6) is -0.984. The highest BCUT2D eigenvalue weighted by atomic mass is 32.1. The molecule has 21 heavy (non-hydrogen) atoms. The van der Waals surface area contributed by atoms with Crippen molar-refractivity contribution >= 4 is 34.3 Å². The van der Waals surface area contributed by atoms with Gasteiger partial charge in [0.1, 0.15) is 0 Å². The van der Waals surface area contributed by atoms with Gasteiger partial charge >= 0.3 is 5.97 Å². The molecule has 1 aromatic rings. The van der Waals surface area contributed by atoms with E-state index in [4.69, 9.17) is 5.11 Å². The van der Waals surface area contributed by atoms with E-state index in [0.29, 0.717) is 36.8 Å². The van der Waals surface area contributed by atoms with Gasteiger partial charge in [-0.2, -0.15) is 0 Å². The van der Waals surface area contributed by atoms with E-state index in [9.17, 15) is 14.4 Å². The number of thiazole rings is 1. The van der Waals surface area contributed by atoms with Crippen LogP contribution in [0.4, 0.5) is 5.13 Å². The number of carboxylic acid groups (broad SMARTS) is 1. The molecule has 2 rings (SSSR count). The molecule has 1 aliphatic rings. The number of nitrogens with one attached hydrogen (secondary N) is 1. The molecule has 0 saturated carbocycles. The van der Waals surface area contributed by atoms with E-state index in [-0.39, 0.29) is 24.7 Å². The molecule has 2 amide bonds. The van der Waals surface area contributed by atoms with Gasteiger partial charge in [0.15, 0.2) is 5.13 Å². The largest absolute Gasteiger partial charge is 0.481 e. The van der Waals surface area contributed by atoms with Crippen molar-refractivity contribution in [3.05, 3.63) is 11.1 Å². The highest BCUT2D eigenvalue weighted by molar-refractivity contribution is 7.14. The van der Waals surface area contributed by atoms with Crippen molar-refractivity contribution in [3.63, 3.8) is 0 Å². The lowest BCUT2D eigenvalue weighted by atomic mass is 10.3. The van der Waals surface area contributed by atoms with Crippen molar-refractivity contribution < 1.29 is 19.5 Å². The first-order chi connectivity index (χ1) is 10.1. The lowest BCUT2D eigenvalue weighted by molar-refractivity contribution is -0.137. The lowest BCUT2D eigenvalue weighted by Gasteiger charge is -2.10. The average Bonchev–Trinajstić information content (AvgIpc) is 3.03. The molecule has 0 aliphatic carbocycles. The van der Waals surface area contributed by atoms with Gasteiger partial charge in [0.25, 0.3) is 0 Å². The molecule has 0 atom stereocenters. The molecule has 1 aromatic heterocycles. The summed E-state index contributed by atoms with van der Waals surface area (Å²) in [4.78, 5) is 39.6. The molecule has 7 nitrogen and oxygen atoms in total. The van der Waals surface area contributed by atoms with E-state index in [1.807, 2.05) is 0 Å². The maximum absolute atomic E-state index is 11.7. The molecule has 8 heteroatoms. The normalized spacial score (nSPS) is 14.5. The van der Waals surface area contributed by atoms with Crippen LogP contribution < -0.4 is 10.2 Å². The van der Waals surface area contributed by atoms with Gasteiger partial charge in [-0.15, -0.1) is 11.3 Å². The van der Waals surface area contributed by atoms with Gasteiger partial charge in [-0.1, -0.05) is 0 Å². The van der Waals surface area contributed by atoms with Crippen molar-refractivity contribution in [1.29, 1.82) is 0 Å². The number of carboxylic acids is 1. The predicted octanol–water partition coefficient (Wildman–Crippen LogP) is 0.793. The Labute approximate surface area is 126 Å². The van der Waals surface area contributed by atoms with E-state index in [1.54, 1.807) is 10.3 Å². The fourth-order valence-electron chi connectivity index (χ4n) is 2.05. The number of aliphatic carboxylic acids is 1. The van der Waals surface area contributed by atoms with Crippen molar-refractivity contribution in [1.82, 2.24) is 10.3 Å². The third-order valence-corrected chi connectivity index (χ3v) is 3.99. The van der Waals surface area contributed by atoms with Crippen LogP contribution >= 0.6 is 11.3 Å². The summed E-state index contributed by atoms with van der Waals surface area (Å²) < 4.78 is 0. The van der Waals surface area contributed by atoms with Crippen molar-refractivity contribution in [3.8, 4) is 0 Å². The summed E-state index contributed by atoms with van der Waals surface area (Å²) in [5.41, 5.74) is 0.630. The van der Waals surface area contributed by atoms with Gasteiger partial charge in [0.2, 0.25) is 11.8 Å². The van der Waals surface area contributed by atoms with Crippen LogP contribution in [0.5, 0.6) is 0 Å². The highest BCUT2D eigenvalue weighted by Crippen LogP contribution is 2.25. The molecular weight excluding hydrogens is 294 g/mol. The van der Waals surface area contributed by atoms with Crippen molar-refractivity contribution in [2.75, 3.05) is 18.0 Å². The zero-order valence-electron chi connectivity index (χ0n) is 11.5. The summed E-state index contributed by atoms with van der Waals surface area (Å²) in [7, 11) is 0. The van der Waals surface area contributed by atoms with E-state index < -0.39 is 5.97 Å². The topological polar surface area (TPSA) is 99.6 Å². The molecule has 2 heterocycles. The first kappa shape index (κ1) is 15.4. The molecule has 0 bridgehead atoms. The predicted molar refractivity (Wildman–Crippen MR) is 77.3 cm³/mol. The second kappa shape index (κ2) is 7.16. The van der Waals surface area contributed by atoms with E-state index >= 15 is 0 Å². The minimum Gasteiger partial charge on any atom is -0.481 e. The van der Waals surface area contributed by atoms with E-state index in [2.05, 4.69) is 10.3 Å². The Balaban J connectivity index is 1.78. The number of hydrogen-bond acceptors (Lipinski definition) is 5. The van der Waals surface area contributed by atoms with E-state index in [0.717, 1.165) is 6.42 Å². The van der Waals surface area contributed by atoms with Gasteiger partial charge in [-0.3, -0.25) is 19.3 Å². The third-order valence-electron chi connectivity index (χ3n) is 3.08. The second-order valence-electron chi connectivity index (χ2n) is 4.79. The van der Waals surface area contributed by atoms with Crippen LogP contribution in [0.1, 0.15) is 31.4 Å². The van der Waals surface area contributed by atoms with Gasteiger partial charge in [0, 0.05) is 31.3 Å². The highest BCUT2D eigenvalue weighted by Gasteiger charge is 2.24. The number of nitrogens with zero attached hydrogens (tertiary/aromatic N) is 2. The minimum atomic E-state index is -0.872. The molecule has 0 unspecified atom stereocenters. The number of anilines is 1. The molecule has 0 spiro atoms. The summed E-state index contributed by atoms with van der Waals surface area (Å²) in [6, 6.07) is 0. The van der Waals surface area contributed by atoms with Crippen LogP contribution in [0.25, 0.3) is 0 Å². The van der Waals surface area contributed by atoms with Gasteiger partial charge in [-0.25, -0.2) is 4.98 Å². The maximum atomic E-state index is 11.7. The Morgan fingerprint density at radius 2 is 2.29 bits per heavy atom. The molecule has 0 aromatic carbocycles. The number of aromatic nitrogens is 1.